The van der Waals surface area contributed by atoms with Crippen LogP contribution in [0.15, 0.2) is 47.4 Å². The van der Waals surface area contributed by atoms with Gasteiger partial charge < -0.3 is 14.8 Å². The third-order valence-corrected chi connectivity index (χ3v) is 5.33. The summed E-state index contributed by atoms with van der Waals surface area (Å²) in [7, 11) is -2.46. The van der Waals surface area contributed by atoms with Crippen molar-refractivity contribution in [3.8, 4) is 5.75 Å². The van der Waals surface area contributed by atoms with Crippen molar-refractivity contribution in [1.29, 1.82) is 0 Å². The summed E-state index contributed by atoms with van der Waals surface area (Å²) < 4.78 is 36.0. The normalized spacial score (nSPS) is 13.1. The molecule has 1 amide bonds. The summed E-state index contributed by atoms with van der Waals surface area (Å²) >= 11 is 0. The van der Waals surface area contributed by atoms with Crippen molar-refractivity contribution < 1.29 is 32.3 Å². The highest BCUT2D eigenvalue weighted by molar-refractivity contribution is 7.89. The zero-order valence-electron chi connectivity index (χ0n) is 14.7. The van der Waals surface area contributed by atoms with Gasteiger partial charge in [-0.3, -0.25) is 9.59 Å². The second kappa shape index (κ2) is 7.79. The van der Waals surface area contributed by atoms with Crippen LogP contribution in [0.3, 0.4) is 0 Å². The SMILES string of the molecule is CNS(=O)(=O)c1cccc(C(=O)OCC(=O)c2ccc3c(c2)NC(=O)CO3)c1. The molecule has 0 unspecified atom stereocenters. The Hall–Kier alpha value is -3.24. The fourth-order valence-corrected chi connectivity index (χ4v) is 3.24. The topological polar surface area (TPSA) is 128 Å². The second-order valence-electron chi connectivity index (χ2n) is 5.78. The predicted octanol–water partition coefficient (Wildman–Crippen LogP) is 0.965. The monoisotopic (exact) mass is 404 g/mol. The Bertz CT molecular complexity index is 1060. The van der Waals surface area contributed by atoms with Crippen molar-refractivity contribution >= 4 is 33.4 Å². The molecule has 0 radical (unpaired) electrons. The van der Waals surface area contributed by atoms with Gasteiger partial charge in [-0.15, -0.1) is 0 Å². The van der Waals surface area contributed by atoms with Crippen molar-refractivity contribution in [3.63, 3.8) is 0 Å². The van der Waals surface area contributed by atoms with Gasteiger partial charge >= 0.3 is 5.97 Å². The molecule has 2 aromatic rings. The molecule has 2 aromatic carbocycles. The number of carbonyl (C=O) groups excluding carboxylic acids is 3. The lowest BCUT2D eigenvalue weighted by Gasteiger charge is -2.18. The molecule has 28 heavy (non-hydrogen) atoms. The number of ether oxygens (including phenoxy) is 2. The molecule has 146 valence electrons. The Morgan fingerprint density at radius 3 is 2.71 bits per heavy atom. The molecule has 1 aliphatic heterocycles. The maximum atomic E-state index is 12.3. The van der Waals surface area contributed by atoms with E-state index in [4.69, 9.17) is 9.47 Å². The number of amides is 1. The first-order valence-electron chi connectivity index (χ1n) is 8.11. The molecule has 3 rings (SSSR count). The van der Waals surface area contributed by atoms with Gasteiger partial charge in [0, 0.05) is 5.56 Å². The minimum absolute atomic E-state index is 0.00442. The van der Waals surface area contributed by atoms with Crippen molar-refractivity contribution in [2.24, 2.45) is 0 Å². The van der Waals surface area contributed by atoms with E-state index in [-0.39, 0.29) is 28.5 Å². The van der Waals surface area contributed by atoms with Crippen LogP contribution in [0.1, 0.15) is 20.7 Å². The third-order valence-electron chi connectivity index (χ3n) is 3.92. The first-order valence-corrected chi connectivity index (χ1v) is 9.59. The Morgan fingerprint density at radius 1 is 1.18 bits per heavy atom. The van der Waals surface area contributed by atoms with E-state index in [0.29, 0.717) is 11.4 Å². The summed E-state index contributed by atoms with van der Waals surface area (Å²) in [6.07, 6.45) is 0. The van der Waals surface area contributed by atoms with Crippen molar-refractivity contribution in [2.75, 3.05) is 25.6 Å². The van der Waals surface area contributed by atoms with Gasteiger partial charge in [0.15, 0.2) is 19.0 Å². The molecule has 0 fully saturated rings. The molecule has 1 heterocycles. The van der Waals surface area contributed by atoms with Gasteiger partial charge in [0.05, 0.1) is 16.1 Å². The molecule has 1 aliphatic rings. The van der Waals surface area contributed by atoms with Crippen LogP contribution in [0.2, 0.25) is 0 Å². The molecule has 0 saturated heterocycles. The highest BCUT2D eigenvalue weighted by Gasteiger charge is 2.19. The zero-order valence-corrected chi connectivity index (χ0v) is 15.5. The fraction of sp³-hybridized carbons (Fsp3) is 0.167. The maximum absolute atomic E-state index is 12.3. The van der Waals surface area contributed by atoms with Crippen LogP contribution in [0.4, 0.5) is 5.69 Å². The number of esters is 1. The molecule has 10 heteroatoms. The number of ketones is 1. The Labute approximate surface area is 160 Å². The summed E-state index contributed by atoms with van der Waals surface area (Å²) in [6, 6.07) is 9.73. The lowest BCUT2D eigenvalue weighted by molar-refractivity contribution is -0.118. The standard InChI is InChI=1S/C18H16N2O7S/c1-19-28(24,25)13-4-2-3-12(7-13)18(23)27-9-15(21)11-5-6-16-14(8-11)20-17(22)10-26-16/h2-8,19H,9-10H2,1H3,(H,20,22). The molecule has 0 aliphatic carbocycles. The predicted molar refractivity (Wildman–Crippen MR) is 97.9 cm³/mol. The summed E-state index contributed by atoms with van der Waals surface area (Å²) in [5.41, 5.74) is 0.581. The molecule has 0 atom stereocenters. The molecular weight excluding hydrogens is 388 g/mol. The Kier molecular flexibility index (Phi) is 5.43. The third kappa shape index (κ3) is 4.18. The Morgan fingerprint density at radius 2 is 1.96 bits per heavy atom. The van der Waals surface area contributed by atoms with Crippen LogP contribution in [-0.4, -0.2) is 46.3 Å². The van der Waals surface area contributed by atoms with E-state index < -0.39 is 28.4 Å². The van der Waals surface area contributed by atoms with Crippen LogP contribution in [0, 0.1) is 0 Å². The molecule has 0 spiro atoms. The van der Waals surface area contributed by atoms with E-state index >= 15 is 0 Å². The average Bonchev–Trinajstić information content (AvgIpc) is 2.71. The minimum Gasteiger partial charge on any atom is -0.482 e. The zero-order chi connectivity index (χ0) is 20.3. The fourth-order valence-electron chi connectivity index (χ4n) is 2.46. The summed E-state index contributed by atoms with van der Waals surface area (Å²) in [6.45, 7) is -0.643. The number of rotatable bonds is 6. The summed E-state index contributed by atoms with van der Waals surface area (Å²) in [4.78, 5) is 35.7. The van der Waals surface area contributed by atoms with Gasteiger partial charge in [0.1, 0.15) is 5.75 Å². The highest BCUT2D eigenvalue weighted by atomic mass is 32.2. The van der Waals surface area contributed by atoms with E-state index in [2.05, 4.69) is 10.0 Å². The van der Waals surface area contributed by atoms with Gasteiger partial charge in [-0.2, -0.15) is 0 Å². The van der Waals surface area contributed by atoms with Crippen molar-refractivity contribution in [2.45, 2.75) is 4.90 Å². The number of benzene rings is 2. The van der Waals surface area contributed by atoms with Crippen LogP contribution < -0.4 is 14.8 Å². The van der Waals surface area contributed by atoms with Gasteiger partial charge in [-0.05, 0) is 43.4 Å². The smallest absolute Gasteiger partial charge is 0.338 e. The summed E-state index contributed by atoms with van der Waals surface area (Å²) in [5, 5.41) is 2.58. The summed E-state index contributed by atoms with van der Waals surface area (Å²) in [5.74, 6) is -1.22. The number of hydrogen-bond donors (Lipinski definition) is 2. The van der Waals surface area contributed by atoms with Crippen LogP contribution in [0.5, 0.6) is 5.75 Å². The molecule has 9 nitrogen and oxygen atoms in total. The largest absolute Gasteiger partial charge is 0.482 e. The van der Waals surface area contributed by atoms with E-state index in [1.165, 1.54) is 43.4 Å². The average molecular weight is 404 g/mol. The molecule has 0 bridgehead atoms. The van der Waals surface area contributed by atoms with E-state index in [1.54, 1.807) is 0 Å². The highest BCUT2D eigenvalue weighted by Crippen LogP contribution is 2.28. The van der Waals surface area contributed by atoms with E-state index in [0.717, 1.165) is 6.07 Å². The maximum Gasteiger partial charge on any atom is 0.338 e. The van der Waals surface area contributed by atoms with E-state index in [1.807, 2.05) is 0 Å². The number of fused-ring (bicyclic) bond motifs is 1. The van der Waals surface area contributed by atoms with Crippen molar-refractivity contribution in [1.82, 2.24) is 4.72 Å². The lowest BCUT2D eigenvalue weighted by atomic mass is 10.1. The van der Waals surface area contributed by atoms with Crippen LogP contribution >= 0.6 is 0 Å². The molecule has 0 aromatic heterocycles. The number of Topliss-reactive ketones (excluding diaryl/α,β-unsaturated/α-hetero) is 1. The van der Waals surface area contributed by atoms with Gasteiger partial charge in [-0.1, -0.05) is 6.07 Å². The lowest BCUT2D eigenvalue weighted by Crippen LogP contribution is -2.25. The number of carbonyl (C=O) groups is 3. The Balaban J connectivity index is 1.68. The van der Waals surface area contributed by atoms with Crippen LogP contribution in [0.25, 0.3) is 0 Å². The van der Waals surface area contributed by atoms with Gasteiger partial charge in [0.25, 0.3) is 5.91 Å². The number of anilines is 1. The van der Waals surface area contributed by atoms with Crippen molar-refractivity contribution in [3.05, 3.63) is 53.6 Å². The molecule has 0 saturated carbocycles. The first-order chi connectivity index (χ1) is 13.3. The molecule has 2 N–H and O–H groups in total. The quantitative estimate of drug-likeness (QED) is 0.542. The number of nitrogens with one attached hydrogen (secondary N) is 2. The van der Waals surface area contributed by atoms with E-state index in [9.17, 15) is 22.8 Å². The second-order valence-corrected chi connectivity index (χ2v) is 7.67. The van der Waals surface area contributed by atoms with Gasteiger partial charge in [-0.25, -0.2) is 17.9 Å². The van der Waals surface area contributed by atoms with Gasteiger partial charge in [0.2, 0.25) is 10.0 Å². The first kappa shape index (κ1) is 19.5. The number of sulfonamides is 1. The van der Waals surface area contributed by atoms with Crippen LogP contribution in [-0.2, 0) is 19.6 Å². The minimum atomic E-state index is -3.71. The molecular formula is C18H16N2O7S. The number of hydrogen-bond acceptors (Lipinski definition) is 7.